The number of carbonyl (C=O) groups excluding carboxylic acids is 2. The van der Waals surface area contributed by atoms with E-state index >= 15 is 0 Å². The van der Waals surface area contributed by atoms with Gasteiger partial charge in [0.2, 0.25) is 6.79 Å². The predicted molar refractivity (Wildman–Crippen MR) is 99.8 cm³/mol. The summed E-state index contributed by atoms with van der Waals surface area (Å²) >= 11 is 0. The Balaban J connectivity index is 1.57. The van der Waals surface area contributed by atoms with Crippen LogP contribution in [0.1, 0.15) is 46.7 Å². The Kier molecular flexibility index (Phi) is 5.90. The highest BCUT2D eigenvalue weighted by atomic mass is 16.7. The van der Waals surface area contributed by atoms with E-state index in [2.05, 4.69) is 29.5 Å². The second-order valence-corrected chi connectivity index (χ2v) is 6.74. The molecule has 0 bridgehead atoms. The van der Waals surface area contributed by atoms with Crippen LogP contribution in [0.3, 0.4) is 0 Å². The lowest BCUT2D eigenvalue weighted by atomic mass is 10.1. The summed E-state index contributed by atoms with van der Waals surface area (Å²) in [6.07, 6.45) is 2.37. The zero-order valence-corrected chi connectivity index (χ0v) is 15.5. The van der Waals surface area contributed by atoms with Crippen molar-refractivity contribution in [1.29, 1.82) is 0 Å². The number of nitrogens with zero attached hydrogens (tertiary/aromatic N) is 1. The van der Waals surface area contributed by atoms with Crippen LogP contribution < -0.4 is 20.1 Å². The third kappa shape index (κ3) is 4.97. The Bertz CT molecular complexity index is 836. The van der Waals surface area contributed by atoms with Gasteiger partial charge in [-0.15, -0.1) is 0 Å². The van der Waals surface area contributed by atoms with E-state index in [1.165, 1.54) is 12.3 Å². The van der Waals surface area contributed by atoms with Crippen molar-refractivity contribution in [1.82, 2.24) is 15.6 Å². The van der Waals surface area contributed by atoms with Crippen LogP contribution in [0, 0.1) is 5.92 Å². The number of amides is 2. The first-order chi connectivity index (χ1) is 13.0. The number of hydrogen-bond donors (Lipinski definition) is 2. The lowest BCUT2D eigenvalue weighted by molar-refractivity contribution is 0.0946. The molecule has 27 heavy (non-hydrogen) atoms. The maximum atomic E-state index is 12.4. The van der Waals surface area contributed by atoms with Crippen LogP contribution in [0.4, 0.5) is 0 Å². The summed E-state index contributed by atoms with van der Waals surface area (Å²) in [5.74, 6) is 1.33. The zero-order chi connectivity index (χ0) is 19.2. The van der Waals surface area contributed by atoms with Crippen molar-refractivity contribution < 1.29 is 19.1 Å². The first kappa shape index (κ1) is 18.7. The van der Waals surface area contributed by atoms with Crippen LogP contribution >= 0.6 is 0 Å². The maximum absolute atomic E-state index is 12.4. The number of hydrogen-bond acceptors (Lipinski definition) is 5. The third-order valence-electron chi connectivity index (χ3n) is 4.15. The van der Waals surface area contributed by atoms with Crippen molar-refractivity contribution in [2.45, 2.75) is 26.8 Å². The Morgan fingerprint density at radius 2 is 1.89 bits per heavy atom. The number of fused-ring (bicyclic) bond motifs is 1. The first-order valence-corrected chi connectivity index (χ1v) is 8.94. The van der Waals surface area contributed by atoms with Crippen LogP contribution in [0.25, 0.3) is 0 Å². The molecule has 0 saturated heterocycles. The minimum atomic E-state index is -0.343. The van der Waals surface area contributed by atoms with E-state index in [-0.39, 0.29) is 24.3 Å². The predicted octanol–water partition coefficient (Wildman–Crippen LogP) is 2.52. The summed E-state index contributed by atoms with van der Waals surface area (Å²) in [7, 11) is 0. The van der Waals surface area contributed by atoms with E-state index < -0.39 is 0 Å². The molecule has 0 unspecified atom stereocenters. The van der Waals surface area contributed by atoms with Gasteiger partial charge in [0.1, 0.15) is 5.69 Å². The van der Waals surface area contributed by atoms with Crippen molar-refractivity contribution in [2.24, 2.45) is 5.92 Å². The van der Waals surface area contributed by atoms with Gasteiger partial charge >= 0.3 is 0 Å². The number of ether oxygens (including phenoxy) is 2. The maximum Gasteiger partial charge on any atom is 0.270 e. The second kappa shape index (κ2) is 8.53. The Morgan fingerprint density at radius 1 is 1.07 bits per heavy atom. The molecule has 0 fully saturated rings. The summed E-state index contributed by atoms with van der Waals surface area (Å²) in [6.45, 7) is 5.33. The van der Waals surface area contributed by atoms with Crippen LogP contribution in [-0.4, -0.2) is 30.1 Å². The van der Waals surface area contributed by atoms with E-state index in [0.29, 0.717) is 36.1 Å². The van der Waals surface area contributed by atoms with Crippen LogP contribution in [0.5, 0.6) is 11.5 Å². The minimum Gasteiger partial charge on any atom is -0.454 e. The number of benzene rings is 1. The fraction of sp³-hybridized carbons (Fsp3) is 0.350. The molecule has 0 aliphatic carbocycles. The largest absolute Gasteiger partial charge is 0.454 e. The van der Waals surface area contributed by atoms with Gasteiger partial charge in [-0.2, -0.15) is 0 Å². The van der Waals surface area contributed by atoms with Crippen molar-refractivity contribution in [3.05, 3.63) is 53.3 Å². The molecule has 0 saturated carbocycles. The van der Waals surface area contributed by atoms with Crippen molar-refractivity contribution in [2.75, 3.05) is 13.3 Å². The summed E-state index contributed by atoms with van der Waals surface area (Å²) in [5.41, 5.74) is 1.50. The first-order valence-electron chi connectivity index (χ1n) is 8.94. The molecule has 2 aromatic rings. The molecule has 7 nitrogen and oxygen atoms in total. The lowest BCUT2D eigenvalue weighted by Gasteiger charge is -2.09. The molecule has 2 amide bonds. The monoisotopic (exact) mass is 369 g/mol. The number of pyridine rings is 1. The molecular formula is C20H23N3O4. The summed E-state index contributed by atoms with van der Waals surface area (Å²) in [4.78, 5) is 28.6. The molecule has 1 aliphatic rings. The third-order valence-corrected chi connectivity index (χ3v) is 4.15. The highest BCUT2D eigenvalue weighted by molar-refractivity contribution is 5.98. The average Bonchev–Trinajstić information content (AvgIpc) is 3.13. The van der Waals surface area contributed by atoms with Crippen molar-refractivity contribution >= 4 is 11.8 Å². The van der Waals surface area contributed by atoms with Crippen LogP contribution in [-0.2, 0) is 6.54 Å². The SMILES string of the molecule is CC(C)CCNC(=O)c1ccnc(C(=O)NCc2ccc3c(c2)OCO3)c1. The van der Waals surface area contributed by atoms with Gasteiger partial charge in [0, 0.05) is 24.8 Å². The molecule has 7 heteroatoms. The topological polar surface area (TPSA) is 89.6 Å². The molecule has 3 rings (SSSR count). The molecule has 0 radical (unpaired) electrons. The second-order valence-electron chi connectivity index (χ2n) is 6.74. The highest BCUT2D eigenvalue weighted by Gasteiger charge is 2.15. The quantitative estimate of drug-likeness (QED) is 0.783. The number of nitrogens with one attached hydrogen (secondary N) is 2. The highest BCUT2D eigenvalue weighted by Crippen LogP contribution is 2.32. The average molecular weight is 369 g/mol. The number of rotatable bonds is 7. The van der Waals surface area contributed by atoms with Gasteiger partial charge in [0.05, 0.1) is 0 Å². The van der Waals surface area contributed by atoms with Gasteiger partial charge in [-0.05, 0) is 42.2 Å². The smallest absolute Gasteiger partial charge is 0.270 e. The molecule has 1 aromatic heterocycles. The van der Waals surface area contributed by atoms with Gasteiger partial charge in [-0.25, -0.2) is 0 Å². The molecule has 0 spiro atoms. The summed E-state index contributed by atoms with van der Waals surface area (Å²) in [6, 6.07) is 8.59. The van der Waals surface area contributed by atoms with E-state index in [9.17, 15) is 9.59 Å². The Labute approximate surface area is 158 Å². The normalized spacial score (nSPS) is 12.1. The van der Waals surface area contributed by atoms with Crippen LogP contribution in [0.15, 0.2) is 36.5 Å². The van der Waals surface area contributed by atoms with Gasteiger partial charge < -0.3 is 20.1 Å². The molecule has 2 heterocycles. The van der Waals surface area contributed by atoms with Gasteiger partial charge in [-0.3, -0.25) is 14.6 Å². The van der Waals surface area contributed by atoms with E-state index in [1.54, 1.807) is 6.07 Å². The summed E-state index contributed by atoms with van der Waals surface area (Å²) in [5, 5.41) is 5.66. The van der Waals surface area contributed by atoms with Gasteiger partial charge in [0.15, 0.2) is 11.5 Å². The molecule has 2 N–H and O–H groups in total. The van der Waals surface area contributed by atoms with E-state index in [0.717, 1.165) is 12.0 Å². The number of carbonyl (C=O) groups is 2. The van der Waals surface area contributed by atoms with Crippen LogP contribution in [0.2, 0.25) is 0 Å². The standard InChI is InChI=1S/C20H23N3O4/c1-13(2)5-7-22-19(24)15-6-8-21-16(10-15)20(25)23-11-14-3-4-17-18(9-14)27-12-26-17/h3-4,6,8-10,13H,5,7,11-12H2,1-2H3,(H,22,24)(H,23,25). The minimum absolute atomic E-state index is 0.201. The summed E-state index contributed by atoms with van der Waals surface area (Å²) < 4.78 is 10.6. The van der Waals surface area contributed by atoms with Crippen molar-refractivity contribution in [3.8, 4) is 11.5 Å². The Morgan fingerprint density at radius 3 is 2.70 bits per heavy atom. The molecule has 1 aromatic carbocycles. The fourth-order valence-electron chi connectivity index (χ4n) is 2.60. The van der Waals surface area contributed by atoms with E-state index in [1.807, 2.05) is 18.2 Å². The lowest BCUT2D eigenvalue weighted by Crippen LogP contribution is -2.27. The molecule has 142 valence electrons. The molecular weight excluding hydrogens is 346 g/mol. The van der Waals surface area contributed by atoms with Crippen molar-refractivity contribution in [3.63, 3.8) is 0 Å². The fourth-order valence-corrected chi connectivity index (χ4v) is 2.60. The molecule has 1 aliphatic heterocycles. The number of aromatic nitrogens is 1. The van der Waals surface area contributed by atoms with Gasteiger partial charge in [-0.1, -0.05) is 19.9 Å². The van der Waals surface area contributed by atoms with E-state index in [4.69, 9.17) is 9.47 Å². The zero-order valence-electron chi connectivity index (χ0n) is 15.5. The molecule has 0 atom stereocenters. The Hall–Kier alpha value is -3.09. The van der Waals surface area contributed by atoms with Gasteiger partial charge in [0.25, 0.3) is 11.8 Å².